The first kappa shape index (κ1) is 16.7. The van der Waals surface area contributed by atoms with Crippen LogP contribution < -0.4 is 0 Å². The van der Waals surface area contributed by atoms with Crippen molar-refractivity contribution in [1.82, 2.24) is 0 Å². The summed E-state index contributed by atoms with van der Waals surface area (Å²) in [5, 5.41) is 0. The Morgan fingerprint density at radius 1 is 0.762 bits per heavy atom. The van der Waals surface area contributed by atoms with Gasteiger partial charge in [0.2, 0.25) is 5.69 Å². The van der Waals surface area contributed by atoms with Crippen LogP contribution in [0.15, 0.2) is 60.7 Å². The van der Waals surface area contributed by atoms with Crippen LogP contribution in [-0.4, -0.2) is 13.2 Å². The number of thiol groups is 1. The van der Waals surface area contributed by atoms with Gasteiger partial charge < -0.3 is 9.05 Å². The SMILES string of the molecule is S=P(S)(OCCc1ccccc1)OCCc1ccccc1. The molecular formula is C16H19O2PS2. The van der Waals surface area contributed by atoms with Crippen molar-refractivity contribution in [2.75, 3.05) is 13.2 Å². The molecule has 0 aliphatic heterocycles. The van der Waals surface area contributed by atoms with Gasteiger partial charge in [-0.25, -0.2) is 0 Å². The fourth-order valence-corrected chi connectivity index (χ4v) is 3.54. The van der Waals surface area contributed by atoms with E-state index >= 15 is 0 Å². The van der Waals surface area contributed by atoms with E-state index in [-0.39, 0.29) is 0 Å². The Hall–Kier alpha value is -0.640. The van der Waals surface area contributed by atoms with Crippen LogP contribution in [0.5, 0.6) is 0 Å². The summed E-state index contributed by atoms with van der Waals surface area (Å²) >= 11 is 9.67. The predicted octanol–water partition coefficient (Wildman–Crippen LogP) is 4.66. The predicted molar refractivity (Wildman–Crippen MR) is 95.5 cm³/mol. The van der Waals surface area contributed by atoms with Gasteiger partial charge in [-0.15, -0.1) is 0 Å². The van der Waals surface area contributed by atoms with Crippen LogP contribution in [0.4, 0.5) is 0 Å². The second-order valence-electron chi connectivity index (χ2n) is 4.61. The molecule has 0 fully saturated rings. The van der Waals surface area contributed by atoms with Gasteiger partial charge in [0, 0.05) is 0 Å². The van der Waals surface area contributed by atoms with Crippen molar-refractivity contribution in [2.45, 2.75) is 12.8 Å². The summed E-state index contributed by atoms with van der Waals surface area (Å²) in [6, 6.07) is 20.3. The van der Waals surface area contributed by atoms with E-state index < -0.39 is 5.69 Å². The van der Waals surface area contributed by atoms with Gasteiger partial charge >= 0.3 is 0 Å². The van der Waals surface area contributed by atoms with Crippen molar-refractivity contribution in [2.24, 2.45) is 0 Å². The molecule has 21 heavy (non-hydrogen) atoms. The van der Waals surface area contributed by atoms with Crippen LogP contribution >= 0.6 is 17.9 Å². The standard InChI is InChI=1S/C16H19O2PS2/c20-19(21,17-13-11-15-7-3-1-4-8-15)18-14-12-16-9-5-2-6-10-16/h1-10H,11-14H2,(H,20,21). The highest BCUT2D eigenvalue weighted by Gasteiger charge is 2.12. The molecule has 0 atom stereocenters. The van der Waals surface area contributed by atoms with Gasteiger partial charge in [-0.05, 0) is 35.8 Å². The maximum atomic E-state index is 5.64. The lowest BCUT2D eigenvalue weighted by Gasteiger charge is -2.16. The van der Waals surface area contributed by atoms with Crippen molar-refractivity contribution in [1.29, 1.82) is 0 Å². The molecule has 0 spiro atoms. The number of hydrogen-bond donors (Lipinski definition) is 1. The molecule has 2 aromatic rings. The molecule has 0 aromatic heterocycles. The lowest BCUT2D eigenvalue weighted by Crippen LogP contribution is -2.00. The lowest BCUT2D eigenvalue weighted by atomic mass is 10.2. The van der Waals surface area contributed by atoms with Gasteiger partial charge in [-0.3, -0.25) is 0 Å². The van der Waals surface area contributed by atoms with Crippen LogP contribution in [0.25, 0.3) is 0 Å². The van der Waals surface area contributed by atoms with E-state index in [9.17, 15) is 0 Å². The summed E-state index contributed by atoms with van der Waals surface area (Å²) in [4.78, 5) is 0. The zero-order chi connectivity index (χ0) is 15.0. The molecule has 2 nitrogen and oxygen atoms in total. The maximum Gasteiger partial charge on any atom is 0.244 e. The van der Waals surface area contributed by atoms with Gasteiger partial charge in [-0.2, -0.15) is 0 Å². The first-order chi connectivity index (χ1) is 10.2. The lowest BCUT2D eigenvalue weighted by molar-refractivity contribution is 0.264. The van der Waals surface area contributed by atoms with E-state index in [2.05, 4.69) is 36.5 Å². The number of rotatable bonds is 8. The molecule has 0 aliphatic carbocycles. The molecule has 5 heteroatoms. The van der Waals surface area contributed by atoms with E-state index in [1.54, 1.807) is 0 Å². The van der Waals surface area contributed by atoms with Gasteiger partial charge in [-0.1, -0.05) is 72.9 Å². The quantitative estimate of drug-likeness (QED) is 0.558. The first-order valence-electron chi connectivity index (χ1n) is 6.85. The third-order valence-corrected chi connectivity index (χ3v) is 5.32. The minimum atomic E-state index is -2.44. The van der Waals surface area contributed by atoms with Gasteiger partial charge in [0.1, 0.15) is 0 Å². The van der Waals surface area contributed by atoms with E-state index in [0.29, 0.717) is 13.2 Å². The Morgan fingerprint density at radius 3 is 1.52 bits per heavy atom. The van der Waals surface area contributed by atoms with Gasteiger partial charge in [0.05, 0.1) is 13.2 Å². The van der Waals surface area contributed by atoms with E-state index in [1.165, 1.54) is 11.1 Å². The van der Waals surface area contributed by atoms with E-state index in [1.807, 2.05) is 36.4 Å². The van der Waals surface area contributed by atoms with Crippen molar-refractivity contribution in [3.63, 3.8) is 0 Å². The summed E-state index contributed by atoms with van der Waals surface area (Å²) in [6.45, 7) is 1.08. The van der Waals surface area contributed by atoms with Gasteiger partial charge in [0.15, 0.2) is 0 Å². The van der Waals surface area contributed by atoms with Crippen molar-refractivity contribution < 1.29 is 9.05 Å². The zero-order valence-electron chi connectivity index (χ0n) is 11.7. The van der Waals surface area contributed by atoms with Crippen LogP contribution in [0.2, 0.25) is 0 Å². The summed E-state index contributed by atoms with van der Waals surface area (Å²) in [5.74, 6) is 0. The number of hydrogen-bond acceptors (Lipinski definition) is 3. The molecule has 0 aliphatic rings. The molecule has 0 N–H and O–H groups in total. The maximum absolute atomic E-state index is 5.64. The van der Waals surface area contributed by atoms with Crippen LogP contribution in [0.3, 0.4) is 0 Å². The second-order valence-corrected chi connectivity index (χ2v) is 9.89. The van der Waals surface area contributed by atoms with Gasteiger partial charge in [0.25, 0.3) is 0 Å². The van der Waals surface area contributed by atoms with Crippen LogP contribution in [-0.2, 0) is 33.7 Å². The summed E-state index contributed by atoms with van der Waals surface area (Å²) in [6.07, 6.45) is 1.64. The highest BCUT2D eigenvalue weighted by molar-refractivity contribution is 8.60. The smallest absolute Gasteiger partial charge is 0.244 e. The van der Waals surface area contributed by atoms with Crippen molar-refractivity contribution in [3.8, 4) is 0 Å². The van der Waals surface area contributed by atoms with Crippen molar-refractivity contribution in [3.05, 3.63) is 71.8 Å². The Balaban J connectivity index is 1.68. The average Bonchev–Trinajstić information content (AvgIpc) is 2.49. The second kappa shape index (κ2) is 8.72. The average molecular weight is 338 g/mol. The Labute approximate surface area is 136 Å². The molecule has 0 radical (unpaired) electrons. The Bertz CT molecular complexity index is 526. The molecule has 0 amide bonds. The molecule has 112 valence electrons. The third kappa shape index (κ3) is 6.77. The molecule has 0 unspecified atom stereocenters. The molecule has 0 bridgehead atoms. The summed E-state index contributed by atoms with van der Waals surface area (Å²) in [7, 11) is 0. The molecular weight excluding hydrogens is 319 g/mol. The molecule has 0 saturated carbocycles. The largest absolute Gasteiger partial charge is 0.321 e. The van der Waals surface area contributed by atoms with E-state index in [0.717, 1.165) is 12.8 Å². The fraction of sp³-hybridized carbons (Fsp3) is 0.250. The van der Waals surface area contributed by atoms with Crippen molar-refractivity contribution >= 4 is 29.7 Å². The normalized spacial score (nSPS) is 11.5. The molecule has 0 saturated heterocycles. The molecule has 2 rings (SSSR count). The van der Waals surface area contributed by atoms with Crippen LogP contribution in [0.1, 0.15) is 11.1 Å². The highest BCUT2D eigenvalue weighted by Crippen LogP contribution is 2.53. The van der Waals surface area contributed by atoms with Crippen LogP contribution in [0, 0.1) is 0 Å². The third-order valence-electron chi connectivity index (χ3n) is 2.98. The topological polar surface area (TPSA) is 18.5 Å². The highest BCUT2D eigenvalue weighted by atomic mass is 32.9. The molecule has 2 aromatic carbocycles. The van der Waals surface area contributed by atoms with E-state index in [4.69, 9.17) is 20.9 Å². The monoisotopic (exact) mass is 338 g/mol. The minimum absolute atomic E-state index is 0.538. The summed E-state index contributed by atoms with van der Waals surface area (Å²) in [5.41, 5.74) is 0.0152. The zero-order valence-corrected chi connectivity index (χ0v) is 14.3. The summed E-state index contributed by atoms with van der Waals surface area (Å²) < 4.78 is 11.3. The molecule has 0 heterocycles. The minimum Gasteiger partial charge on any atom is -0.321 e. The Kier molecular flexibility index (Phi) is 6.94. The first-order valence-corrected chi connectivity index (χ1v) is 10.6. The Morgan fingerprint density at radius 2 is 1.14 bits per heavy atom. The fourth-order valence-electron chi connectivity index (χ4n) is 1.88. The number of benzene rings is 2.